The van der Waals surface area contributed by atoms with E-state index in [1.165, 1.54) is 7.11 Å². The third-order valence-electron chi connectivity index (χ3n) is 3.70. The first-order valence-corrected chi connectivity index (χ1v) is 8.12. The second-order valence-corrected chi connectivity index (χ2v) is 5.82. The Morgan fingerprint density at radius 1 is 1.19 bits per heavy atom. The van der Waals surface area contributed by atoms with Crippen LogP contribution in [0.3, 0.4) is 0 Å². The maximum atomic E-state index is 12.6. The third-order valence-corrected chi connectivity index (χ3v) is 3.94. The van der Waals surface area contributed by atoms with Crippen LogP contribution in [0.25, 0.3) is 11.3 Å². The summed E-state index contributed by atoms with van der Waals surface area (Å²) < 4.78 is 10.0. The van der Waals surface area contributed by atoms with Crippen molar-refractivity contribution in [2.45, 2.75) is 6.54 Å². The van der Waals surface area contributed by atoms with Gasteiger partial charge in [0, 0.05) is 17.1 Å². The summed E-state index contributed by atoms with van der Waals surface area (Å²) >= 11 is 5.95. The van der Waals surface area contributed by atoms with Crippen LogP contribution >= 0.6 is 11.6 Å². The summed E-state index contributed by atoms with van der Waals surface area (Å²) in [5, 5.41) is 3.43. The van der Waals surface area contributed by atoms with Gasteiger partial charge in [-0.05, 0) is 23.8 Å². The van der Waals surface area contributed by atoms with Crippen molar-refractivity contribution in [2.75, 3.05) is 7.11 Å². The van der Waals surface area contributed by atoms with Crippen LogP contribution in [-0.2, 0) is 11.3 Å². The van der Waals surface area contributed by atoms with Crippen molar-refractivity contribution in [3.63, 3.8) is 0 Å². The van der Waals surface area contributed by atoms with Gasteiger partial charge in [0.25, 0.3) is 5.91 Å². The number of nitrogens with one attached hydrogen (secondary N) is 1. The largest absolute Gasteiger partial charge is 0.464 e. The predicted octanol–water partition coefficient (Wildman–Crippen LogP) is 3.71. The molecule has 1 heterocycles. The number of halogens is 1. The molecule has 3 aromatic rings. The van der Waals surface area contributed by atoms with E-state index in [-0.39, 0.29) is 17.4 Å². The Balaban J connectivity index is 1.86. The van der Waals surface area contributed by atoms with E-state index in [1.54, 1.807) is 36.4 Å². The molecule has 0 aliphatic carbocycles. The zero-order valence-electron chi connectivity index (χ0n) is 13.9. The van der Waals surface area contributed by atoms with E-state index >= 15 is 0 Å². The van der Waals surface area contributed by atoms with Gasteiger partial charge in [-0.15, -0.1) is 0 Å². The first-order valence-electron chi connectivity index (χ1n) is 7.74. The molecule has 0 atom stereocenters. The molecule has 0 saturated heterocycles. The van der Waals surface area contributed by atoms with Crippen molar-refractivity contribution in [2.24, 2.45) is 0 Å². The number of carbonyl (C=O) groups excluding carboxylic acids is 2. The normalized spacial score (nSPS) is 10.4. The number of oxazole rings is 1. The minimum atomic E-state index is -0.636. The predicted molar refractivity (Wildman–Crippen MR) is 95.9 cm³/mol. The molecule has 6 nitrogen and oxygen atoms in total. The maximum absolute atomic E-state index is 12.6. The van der Waals surface area contributed by atoms with E-state index in [0.717, 1.165) is 12.0 Å². The second-order valence-electron chi connectivity index (χ2n) is 5.38. The Labute approximate surface area is 154 Å². The fraction of sp³-hybridized carbons (Fsp3) is 0.105. The number of methoxy groups -OCH3 is 1. The monoisotopic (exact) mass is 370 g/mol. The Morgan fingerprint density at radius 2 is 2.00 bits per heavy atom. The lowest BCUT2D eigenvalue weighted by Crippen LogP contribution is -2.23. The Morgan fingerprint density at radius 3 is 2.77 bits per heavy atom. The highest BCUT2D eigenvalue weighted by atomic mass is 35.5. The number of aromatic nitrogens is 1. The fourth-order valence-electron chi connectivity index (χ4n) is 2.48. The van der Waals surface area contributed by atoms with Gasteiger partial charge < -0.3 is 14.5 Å². The number of rotatable bonds is 5. The van der Waals surface area contributed by atoms with Crippen molar-refractivity contribution in [3.8, 4) is 11.3 Å². The lowest BCUT2D eigenvalue weighted by atomic mass is 10.0. The van der Waals surface area contributed by atoms with Crippen molar-refractivity contribution >= 4 is 23.5 Å². The molecule has 0 unspecified atom stereocenters. The molecule has 0 fully saturated rings. The van der Waals surface area contributed by atoms with E-state index < -0.39 is 5.97 Å². The summed E-state index contributed by atoms with van der Waals surface area (Å²) in [5.41, 5.74) is 1.70. The number of nitrogens with zero attached hydrogens (tertiary/aromatic N) is 1. The molecule has 1 N–H and O–H groups in total. The molecule has 26 heavy (non-hydrogen) atoms. The molecule has 0 saturated carbocycles. The third kappa shape index (κ3) is 3.75. The molecule has 1 amide bonds. The molecule has 0 bridgehead atoms. The van der Waals surface area contributed by atoms with Crippen LogP contribution in [0.5, 0.6) is 0 Å². The summed E-state index contributed by atoms with van der Waals surface area (Å²) in [5.74, 6) is -0.763. The number of benzene rings is 2. The van der Waals surface area contributed by atoms with Crippen molar-refractivity contribution in [1.82, 2.24) is 10.3 Å². The molecule has 132 valence electrons. The molecule has 0 aliphatic heterocycles. The minimum absolute atomic E-state index is 0.0163. The highest BCUT2D eigenvalue weighted by Crippen LogP contribution is 2.27. The molecule has 7 heteroatoms. The van der Waals surface area contributed by atoms with Gasteiger partial charge in [0.05, 0.1) is 12.7 Å². The molecular formula is C19H15ClN2O4. The van der Waals surface area contributed by atoms with Crippen LogP contribution in [0.4, 0.5) is 0 Å². The van der Waals surface area contributed by atoms with Crippen LogP contribution in [0.1, 0.15) is 26.4 Å². The number of esters is 1. The van der Waals surface area contributed by atoms with Crippen LogP contribution in [0.2, 0.25) is 5.02 Å². The summed E-state index contributed by atoms with van der Waals surface area (Å²) in [6, 6.07) is 14.0. The summed E-state index contributed by atoms with van der Waals surface area (Å²) in [6.45, 7) is 0.313. The van der Waals surface area contributed by atoms with Gasteiger partial charge in [-0.2, -0.15) is 0 Å². The standard InChI is InChI=1S/C19H15ClN2O4/c1-25-19(24)16-17(26-11-22-16)14-7-2-3-8-15(14)18(23)21-10-12-5-4-6-13(20)9-12/h2-9,11H,10H2,1H3,(H,21,23). The minimum Gasteiger partial charge on any atom is -0.464 e. The highest BCUT2D eigenvalue weighted by Gasteiger charge is 2.23. The molecular weight excluding hydrogens is 356 g/mol. The molecule has 2 aromatic carbocycles. The van der Waals surface area contributed by atoms with Gasteiger partial charge in [-0.3, -0.25) is 4.79 Å². The van der Waals surface area contributed by atoms with Crippen LogP contribution in [0, 0.1) is 0 Å². The number of amides is 1. The summed E-state index contributed by atoms with van der Waals surface area (Å²) in [6.07, 6.45) is 1.14. The molecule has 0 spiro atoms. The smallest absolute Gasteiger partial charge is 0.360 e. The Bertz CT molecular complexity index is 952. The quantitative estimate of drug-likeness (QED) is 0.692. The second kappa shape index (κ2) is 7.84. The number of hydrogen-bond acceptors (Lipinski definition) is 5. The number of carbonyl (C=O) groups is 2. The van der Waals surface area contributed by atoms with Gasteiger partial charge in [-0.25, -0.2) is 9.78 Å². The highest BCUT2D eigenvalue weighted by molar-refractivity contribution is 6.30. The van der Waals surface area contributed by atoms with Gasteiger partial charge >= 0.3 is 5.97 Å². The summed E-state index contributed by atoms with van der Waals surface area (Å²) in [4.78, 5) is 28.4. The van der Waals surface area contributed by atoms with Crippen molar-refractivity contribution < 1.29 is 18.7 Å². The molecule has 3 rings (SSSR count). The summed E-state index contributed by atoms with van der Waals surface area (Å²) in [7, 11) is 1.25. The van der Waals surface area contributed by atoms with Gasteiger partial charge in [-0.1, -0.05) is 41.9 Å². The van der Waals surface area contributed by atoms with Crippen molar-refractivity contribution in [3.05, 3.63) is 76.8 Å². The van der Waals surface area contributed by atoms with Gasteiger partial charge in [0.2, 0.25) is 0 Å². The molecule has 0 aliphatic rings. The first-order chi connectivity index (χ1) is 12.6. The SMILES string of the molecule is COC(=O)c1ncoc1-c1ccccc1C(=O)NCc1cccc(Cl)c1. The van der Waals surface area contributed by atoms with E-state index in [1.807, 2.05) is 12.1 Å². The van der Waals surface area contributed by atoms with Crippen LogP contribution < -0.4 is 5.32 Å². The zero-order chi connectivity index (χ0) is 18.5. The van der Waals surface area contributed by atoms with E-state index in [2.05, 4.69) is 10.3 Å². The Hall–Kier alpha value is -3.12. The van der Waals surface area contributed by atoms with Crippen LogP contribution in [0.15, 0.2) is 59.3 Å². The average molecular weight is 371 g/mol. The number of hydrogen-bond donors (Lipinski definition) is 1. The van der Waals surface area contributed by atoms with Crippen LogP contribution in [-0.4, -0.2) is 24.0 Å². The van der Waals surface area contributed by atoms with E-state index in [9.17, 15) is 9.59 Å². The maximum Gasteiger partial charge on any atom is 0.360 e. The lowest BCUT2D eigenvalue weighted by molar-refractivity contribution is 0.0595. The zero-order valence-corrected chi connectivity index (χ0v) is 14.6. The fourth-order valence-corrected chi connectivity index (χ4v) is 2.70. The molecule has 0 radical (unpaired) electrons. The number of ether oxygens (including phenoxy) is 1. The average Bonchev–Trinajstić information content (AvgIpc) is 3.15. The van der Waals surface area contributed by atoms with Crippen molar-refractivity contribution in [1.29, 1.82) is 0 Å². The first kappa shape index (κ1) is 17.7. The molecule has 1 aromatic heterocycles. The van der Waals surface area contributed by atoms with Gasteiger partial charge in [0.1, 0.15) is 0 Å². The van der Waals surface area contributed by atoms with E-state index in [0.29, 0.717) is 22.7 Å². The van der Waals surface area contributed by atoms with E-state index in [4.69, 9.17) is 20.8 Å². The lowest BCUT2D eigenvalue weighted by Gasteiger charge is -2.09. The van der Waals surface area contributed by atoms with Gasteiger partial charge in [0.15, 0.2) is 17.8 Å². The topological polar surface area (TPSA) is 81.4 Å². The Kier molecular flexibility index (Phi) is 5.34.